The fraction of sp³-hybridized carbons (Fsp3) is 0.538. The molecule has 0 aliphatic carbocycles. The number of hydrogen-bond acceptors (Lipinski definition) is 4. The third-order valence-electron chi connectivity index (χ3n) is 3.26. The molecule has 2 atom stereocenters. The van der Waals surface area contributed by atoms with E-state index in [1.165, 1.54) is 0 Å². The Morgan fingerprint density at radius 1 is 1.29 bits per heavy atom. The molecular formula is C13H15F3N2O3. The van der Waals surface area contributed by atoms with E-state index in [1.54, 1.807) is 4.90 Å². The van der Waals surface area contributed by atoms with Gasteiger partial charge in [-0.2, -0.15) is 13.2 Å². The van der Waals surface area contributed by atoms with Crippen molar-refractivity contribution in [3.8, 4) is 0 Å². The lowest BCUT2D eigenvalue weighted by atomic mass is 10.1. The first-order chi connectivity index (χ1) is 9.68. The number of anilines is 1. The van der Waals surface area contributed by atoms with E-state index in [-0.39, 0.29) is 17.9 Å². The van der Waals surface area contributed by atoms with Gasteiger partial charge in [-0.3, -0.25) is 10.1 Å². The van der Waals surface area contributed by atoms with Crippen LogP contribution in [0.1, 0.15) is 19.4 Å². The van der Waals surface area contributed by atoms with Gasteiger partial charge in [0.25, 0.3) is 5.69 Å². The van der Waals surface area contributed by atoms with Crippen LogP contribution in [-0.4, -0.2) is 30.2 Å². The quantitative estimate of drug-likeness (QED) is 0.622. The van der Waals surface area contributed by atoms with E-state index < -0.39 is 22.4 Å². The fourth-order valence-corrected chi connectivity index (χ4v) is 2.49. The predicted molar refractivity (Wildman–Crippen MR) is 70.3 cm³/mol. The van der Waals surface area contributed by atoms with Gasteiger partial charge >= 0.3 is 6.18 Å². The topological polar surface area (TPSA) is 55.6 Å². The summed E-state index contributed by atoms with van der Waals surface area (Å²) >= 11 is 0. The number of alkyl halides is 3. The molecule has 0 unspecified atom stereocenters. The molecule has 1 aliphatic heterocycles. The number of nitro groups is 1. The van der Waals surface area contributed by atoms with Crippen molar-refractivity contribution in [1.29, 1.82) is 0 Å². The Hall–Kier alpha value is -1.83. The van der Waals surface area contributed by atoms with Crippen molar-refractivity contribution in [2.24, 2.45) is 0 Å². The van der Waals surface area contributed by atoms with Crippen LogP contribution in [-0.2, 0) is 10.9 Å². The number of rotatable bonds is 2. The molecule has 0 saturated carbocycles. The second kappa shape index (κ2) is 5.51. The molecule has 1 heterocycles. The van der Waals surface area contributed by atoms with Gasteiger partial charge in [0.2, 0.25) is 0 Å². The van der Waals surface area contributed by atoms with Crippen molar-refractivity contribution in [3.63, 3.8) is 0 Å². The lowest BCUT2D eigenvalue weighted by Gasteiger charge is -2.36. The van der Waals surface area contributed by atoms with E-state index in [2.05, 4.69) is 0 Å². The summed E-state index contributed by atoms with van der Waals surface area (Å²) in [6.07, 6.45) is -4.89. The van der Waals surface area contributed by atoms with Crippen LogP contribution >= 0.6 is 0 Å². The van der Waals surface area contributed by atoms with Gasteiger partial charge in [-0.05, 0) is 26.0 Å². The minimum atomic E-state index is -4.60. The largest absolute Gasteiger partial charge is 0.416 e. The first-order valence-corrected chi connectivity index (χ1v) is 6.44. The number of ether oxygens (including phenoxy) is 1. The van der Waals surface area contributed by atoms with Gasteiger partial charge in [0, 0.05) is 19.2 Å². The summed E-state index contributed by atoms with van der Waals surface area (Å²) in [6.45, 7) is 4.43. The normalized spacial score (nSPS) is 23.2. The van der Waals surface area contributed by atoms with Crippen LogP contribution in [0.5, 0.6) is 0 Å². The van der Waals surface area contributed by atoms with Gasteiger partial charge in [-0.15, -0.1) is 0 Å². The van der Waals surface area contributed by atoms with E-state index >= 15 is 0 Å². The zero-order valence-electron chi connectivity index (χ0n) is 11.6. The molecule has 0 spiro atoms. The fourth-order valence-electron chi connectivity index (χ4n) is 2.49. The molecule has 8 heteroatoms. The monoisotopic (exact) mass is 304 g/mol. The molecule has 2 rings (SSSR count). The van der Waals surface area contributed by atoms with Crippen molar-refractivity contribution in [2.75, 3.05) is 18.0 Å². The molecule has 21 heavy (non-hydrogen) atoms. The third-order valence-corrected chi connectivity index (χ3v) is 3.26. The maximum Gasteiger partial charge on any atom is 0.416 e. The second-order valence-electron chi connectivity index (χ2n) is 5.12. The van der Waals surface area contributed by atoms with Crippen molar-refractivity contribution in [1.82, 2.24) is 0 Å². The van der Waals surface area contributed by atoms with Gasteiger partial charge in [0.15, 0.2) is 0 Å². The summed E-state index contributed by atoms with van der Waals surface area (Å²) in [6, 6.07) is 2.61. The lowest BCUT2D eigenvalue weighted by molar-refractivity contribution is -0.384. The Morgan fingerprint density at radius 3 is 2.33 bits per heavy atom. The molecule has 0 bridgehead atoms. The van der Waals surface area contributed by atoms with Crippen molar-refractivity contribution in [3.05, 3.63) is 33.9 Å². The number of halogens is 3. The van der Waals surface area contributed by atoms with Crippen LogP contribution in [0.25, 0.3) is 0 Å². The minimum absolute atomic E-state index is 0.143. The number of benzene rings is 1. The zero-order valence-corrected chi connectivity index (χ0v) is 11.6. The van der Waals surface area contributed by atoms with Crippen LogP contribution in [0.4, 0.5) is 24.5 Å². The highest BCUT2D eigenvalue weighted by atomic mass is 19.4. The first kappa shape index (κ1) is 15.6. The zero-order chi connectivity index (χ0) is 15.8. The summed E-state index contributed by atoms with van der Waals surface area (Å²) in [7, 11) is 0. The Bertz CT molecular complexity index is 538. The molecule has 0 radical (unpaired) electrons. The van der Waals surface area contributed by atoms with Crippen molar-refractivity contribution < 1.29 is 22.8 Å². The van der Waals surface area contributed by atoms with Crippen LogP contribution in [0.15, 0.2) is 18.2 Å². The molecule has 0 N–H and O–H groups in total. The van der Waals surface area contributed by atoms with Crippen LogP contribution in [0.2, 0.25) is 0 Å². The van der Waals surface area contributed by atoms with E-state index in [9.17, 15) is 23.3 Å². The van der Waals surface area contributed by atoms with Gasteiger partial charge in [0.05, 0.1) is 22.7 Å². The number of nitrogens with zero attached hydrogens (tertiary/aromatic N) is 2. The predicted octanol–water partition coefficient (Wildman–Crippen LogP) is 3.23. The Morgan fingerprint density at radius 2 is 1.86 bits per heavy atom. The minimum Gasteiger partial charge on any atom is -0.372 e. The summed E-state index contributed by atoms with van der Waals surface area (Å²) in [5.74, 6) is 0. The van der Waals surface area contributed by atoms with Crippen molar-refractivity contribution >= 4 is 11.4 Å². The van der Waals surface area contributed by atoms with Gasteiger partial charge < -0.3 is 9.64 Å². The smallest absolute Gasteiger partial charge is 0.372 e. The SMILES string of the molecule is C[C@@H]1CN(c2ccc(C(F)(F)F)cc2[N+](=O)[O-])C[C@@H](C)O1. The van der Waals surface area contributed by atoms with Crippen LogP contribution < -0.4 is 4.90 Å². The summed E-state index contributed by atoms with van der Waals surface area (Å²) < 4.78 is 43.5. The standard InChI is InChI=1S/C13H15F3N2O3/c1-8-6-17(7-9(2)21-8)11-4-3-10(13(14,15)16)5-12(11)18(19)20/h3-5,8-9H,6-7H2,1-2H3/t8-,9-/m1/s1. The third kappa shape index (κ3) is 3.44. The van der Waals surface area contributed by atoms with E-state index in [0.717, 1.165) is 12.1 Å². The van der Waals surface area contributed by atoms with E-state index in [4.69, 9.17) is 4.74 Å². The van der Waals surface area contributed by atoms with Crippen molar-refractivity contribution in [2.45, 2.75) is 32.2 Å². The average molecular weight is 304 g/mol. The van der Waals surface area contributed by atoms with E-state index in [0.29, 0.717) is 19.2 Å². The van der Waals surface area contributed by atoms with Gasteiger partial charge in [-0.25, -0.2) is 0 Å². The second-order valence-corrected chi connectivity index (χ2v) is 5.12. The molecule has 1 aromatic rings. The maximum absolute atomic E-state index is 12.7. The average Bonchev–Trinajstić information content (AvgIpc) is 2.35. The summed E-state index contributed by atoms with van der Waals surface area (Å²) in [5, 5.41) is 11.1. The number of hydrogen-bond donors (Lipinski definition) is 0. The van der Waals surface area contributed by atoms with Crippen LogP contribution in [0.3, 0.4) is 0 Å². The van der Waals surface area contributed by atoms with Crippen LogP contribution in [0, 0.1) is 10.1 Å². The highest BCUT2D eigenvalue weighted by Crippen LogP contribution is 2.37. The maximum atomic E-state index is 12.7. The van der Waals surface area contributed by atoms with Gasteiger partial charge in [-0.1, -0.05) is 0 Å². The van der Waals surface area contributed by atoms with E-state index in [1.807, 2.05) is 13.8 Å². The highest BCUT2D eigenvalue weighted by Gasteiger charge is 2.34. The molecule has 0 amide bonds. The molecular weight excluding hydrogens is 289 g/mol. The molecule has 1 fully saturated rings. The molecule has 116 valence electrons. The summed E-state index contributed by atoms with van der Waals surface area (Å²) in [4.78, 5) is 12.0. The molecule has 5 nitrogen and oxygen atoms in total. The molecule has 1 aromatic carbocycles. The molecule has 0 aromatic heterocycles. The number of nitro benzene ring substituents is 1. The first-order valence-electron chi connectivity index (χ1n) is 6.44. The summed E-state index contributed by atoms with van der Waals surface area (Å²) in [5.41, 5.74) is -1.37. The Balaban J connectivity index is 2.41. The Kier molecular flexibility index (Phi) is 4.08. The molecule has 1 aliphatic rings. The van der Waals surface area contributed by atoms with Gasteiger partial charge in [0.1, 0.15) is 5.69 Å². The highest BCUT2D eigenvalue weighted by molar-refractivity contribution is 5.65. The lowest BCUT2D eigenvalue weighted by Crippen LogP contribution is -2.45. The number of morpholine rings is 1. The Labute approximate surface area is 119 Å². The molecule has 1 saturated heterocycles.